The molecule has 24 heteroatoms. The highest BCUT2D eigenvalue weighted by molar-refractivity contribution is 7.90. The quantitative estimate of drug-likeness (QED) is 0.133. The lowest BCUT2D eigenvalue weighted by molar-refractivity contribution is -0.137. The van der Waals surface area contributed by atoms with E-state index < -0.39 is 41.8 Å². The van der Waals surface area contributed by atoms with E-state index in [-0.39, 0.29) is 25.6 Å². The molecule has 0 radical (unpaired) electrons. The van der Waals surface area contributed by atoms with Crippen LogP contribution >= 0.6 is 0 Å². The Morgan fingerprint density at radius 1 is 0.435 bits per heavy atom. The lowest BCUT2D eigenvalue weighted by atomic mass is 9.98. The van der Waals surface area contributed by atoms with Gasteiger partial charge in [0.05, 0.1) is 64.3 Å². The number of halogens is 3. The summed E-state index contributed by atoms with van der Waals surface area (Å²) in [5, 5.41) is 2.07. The first-order chi connectivity index (χ1) is 44.2. The minimum Gasteiger partial charge on any atom is -0.493 e. The number of rotatable bonds is 9. The average molecular weight is 1310 g/mol. The van der Waals surface area contributed by atoms with Crippen molar-refractivity contribution in [3.8, 4) is 28.7 Å². The number of pyridine rings is 1. The van der Waals surface area contributed by atoms with Gasteiger partial charge in [0.2, 0.25) is 0 Å². The van der Waals surface area contributed by atoms with E-state index in [1.165, 1.54) is 31.8 Å². The summed E-state index contributed by atoms with van der Waals surface area (Å²) in [5.74, 6) is 2.74. The first-order valence-corrected chi connectivity index (χ1v) is 34.8. The Morgan fingerprint density at radius 2 is 0.880 bits per heavy atom. The van der Waals surface area contributed by atoms with Gasteiger partial charge in [0, 0.05) is 128 Å². The SMILES string of the molecule is CN1CC=C(c2cn(S(=O)(=O)c3ccc4c(c3)CCO4)c3ccc(C(F)(F)F)cc23)CC1.CN1CC=C(c2cn(S(=O)(=O)c3ccc4c(c3)OCCCO4)c3ccccc23)CC1.CN1CC=C(c2cn(S(=O)(=O)c3ccc4c(c3)OCCCO4)c3ncccc23)CC1. The van der Waals surface area contributed by atoms with Crippen LogP contribution in [-0.4, -0.2) is 150 Å². The number of aromatic nitrogens is 4. The monoisotopic (exact) mass is 1310 g/mol. The number of hydrogen-bond acceptors (Lipinski definition) is 15. The van der Waals surface area contributed by atoms with Gasteiger partial charge in [-0.3, -0.25) is 0 Å². The predicted molar refractivity (Wildman–Crippen MR) is 346 cm³/mol. The Hall–Kier alpha value is -8.39. The van der Waals surface area contributed by atoms with Crippen molar-refractivity contribution >= 4 is 79.6 Å². The van der Waals surface area contributed by atoms with Crippen LogP contribution in [0.25, 0.3) is 49.6 Å². The summed E-state index contributed by atoms with van der Waals surface area (Å²) in [4.78, 5) is 11.4. The molecule has 0 saturated carbocycles. The van der Waals surface area contributed by atoms with Crippen LogP contribution in [0.4, 0.5) is 13.2 Å². The molecule has 6 aliphatic rings. The van der Waals surface area contributed by atoms with E-state index in [2.05, 4.69) is 45.9 Å². The van der Waals surface area contributed by atoms with Crippen LogP contribution in [0.3, 0.4) is 0 Å². The van der Waals surface area contributed by atoms with Crippen molar-refractivity contribution in [3.63, 3.8) is 0 Å². The standard InChI is InChI=1S/C23H21F3N2O3S.C23H24N2O4S.C22H23N3O4S/c1-27-9-6-15(7-10-27)20-14-28(21-4-2-17(13-19(20)21)23(24,25)26)32(29,30)18-3-5-22-16(12-18)8-11-31-22;1-24-11-9-17(10-12-24)20-16-25(21-6-3-2-5-19(20)21)30(26,27)18-7-8-22-23(15-18)29-14-4-13-28-22;1-24-10-7-16(8-11-24)19-15-25(22-18(19)4-2-9-23-22)30(26,27)17-5-6-20-21(14-17)29-13-3-12-28-20/h2-6,12-14H,7-11H2,1H3;2-3,5-9,15-16H,4,10-14H2,1H3;2,4-7,9,14-15H,3,8,10-13H2,1H3. The first-order valence-electron chi connectivity index (χ1n) is 30.5. The van der Waals surface area contributed by atoms with Crippen LogP contribution in [0.1, 0.15) is 59.9 Å². The van der Waals surface area contributed by atoms with Crippen molar-refractivity contribution in [1.82, 2.24) is 31.6 Å². The summed E-state index contributed by atoms with van der Waals surface area (Å²) >= 11 is 0. The van der Waals surface area contributed by atoms with Gasteiger partial charge in [-0.2, -0.15) is 13.2 Å². The van der Waals surface area contributed by atoms with E-state index >= 15 is 0 Å². The van der Waals surface area contributed by atoms with Crippen LogP contribution in [-0.2, 0) is 42.7 Å². The minimum atomic E-state index is -4.52. The van der Waals surface area contributed by atoms with Crippen LogP contribution in [0.15, 0.2) is 167 Å². The second-order valence-electron chi connectivity index (χ2n) is 23.6. The molecule has 0 unspecified atom stereocenters. The first kappa shape index (κ1) is 62.4. The van der Waals surface area contributed by atoms with Gasteiger partial charge >= 0.3 is 6.18 Å². The number of likely N-dealkylation sites (N-methyl/N-ethyl adjacent to an activating group) is 3. The summed E-state index contributed by atoms with van der Waals surface area (Å²) < 4.78 is 154. The molecule has 0 fully saturated rings. The third kappa shape index (κ3) is 12.3. The van der Waals surface area contributed by atoms with Gasteiger partial charge in [-0.25, -0.2) is 42.2 Å². The summed E-state index contributed by atoms with van der Waals surface area (Å²) in [6.45, 7) is 7.63. The zero-order valence-corrected chi connectivity index (χ0v) is 53.4. The van der Waals surface area contributed by atoms with E-state index in [4.69, 9.17) is 23.7 Å². The maximum absolute atomic E-state index is 13.6. The molecule has 0 amide bonds. The molecular formula is C68H68F3N7O11S3. The predicted octanol–water partition coefficient (Wildman–Crippen LogP) is 11.5. The summed E-state index contributed by atoms with van der Waals surface area (Å²) in [5.41, 5.74) is 6.96. The Morgan fingerprint density at radius 3 is 1.41 bits per heavy atom. The number of ether oxygens (including phenoxy) is 5. The molecule has 0 atom stereocenters. The van der Waals surface area contributed by atoms with E-state index in [1.54, 1.807) is 67.1 Å². The highest BCUT2D eigenvalue weighted by Gasteiger charge is 2.34. The van der Waals surface area contributed by atoms with Crippen LogP contribution in [0.2, 0.25) is 0 Å². The third-order valence-corrected chi connectivity index (χ3v) is 22.3. The molecule has 0 N–H and O–H groups in total. The second kappa shape index (κ2) is 25.3. The van der Waals surface area contributed by atoms with Crippen molar-refractivity contribution in [1.29, 1.82) is 0 Å². The minimum absolute atomic E-state index is 0.0856. The highest BCUT2D eigenvalue weighted by Crippen LogP contribution is 2.41. The van der Waals surface area contributed by atoms with Gasteiger partial charge in [-0.05, 0) is 142 Å². The highest BCUT2D eigenvalue weighted by atomic mass is 32.2. The fourth-order valence-corrected chi connectivity index (χ4v) is 16.4. The summed E-state index contributed by atoms with van der Waals surface area (Å²) in [6, 6.07) is 28.9. The molecule has 0 bridgehead atoms. The van der Waals surface area contributed by atoms with Crippen LogP contribution in [0, 0.1) is 0 Å². The van der Waals surface area contributed by atoms with Gasteiger partial charge in [0.1, 0.15) is 5.75 Å². The van der Waals surface area contributed by atoms with Gasteiger partial charge in [-0.1, -0.05) is 36.4 Å². The zero-order chi connectivity index (χ0) is 64.1. The zero-order valence-electron chi connectivity index (χ0n) is 50.9. The molecule has 480 valence electrons. The molecule has 10 heterocycles. The summed E-state index contributed by atoms with van der Waals surface area (Å²) in [6.07, 6.45) is 12.9. The lowest BCUT2D eigenvalue weighted by Gasteiger charge is -2.21. The van der Waals surface area contributed by atoms with E-state index in [0.717, 1.165) is 113 Å². The molecule has 15 rings (SSSR count). The topological polar surface area (TPSA) is 186 Å². The van der Waals surface area contributed by atoms with Gasteiger partial charge in [0.25, 0.3) is 30.1 Å². The number of para-hydroxylation sites is 1. The fraction of sp³-hybridized carbons (Fsp3) is 0.309. The number of hydrogen-bond donors (Lipinski definition) is 0. The van der Waals surface area contributed by atoms with Crippen molar-refractivity contribution < 1.29 is 62.1 Å². The van der Waals surface area contributed by atoms with E-state index in [1.807, 2.05) is 49.5 Å². The Balaban J connectivity index is 0.000000126. The third-order valence-electron chi connectivity index (χ3n) is 17.4. The van der Waals surface area contributed by atoms with Gasteiger partial charge in [-0.15, -0.1) is 0 Å². The molecule has 9 aromatic rings. The van der Waals surface area contributed by atoms with Gasteiger partial charge in [0.15, 0.2) is 28.6 Å². The smallest absolute Gasteiger partial charge is 0.416 e. The van der Waals surface area contributed by atoms with E-state index in [9.17, 15) is 38.4 Å². The van der Waals surface area contributed by atoms with E-state index in [0.29, 0.717) is 97.9 Å². The molecule has 0 spiro atoms. The van der Waals surface area contributed by atoms with Crippen molar-refractivity contribution in [3.05, 3.63) is 180 Å². The Labute approximate surface area is 532 Å². The molecule has 92 heavy (non-hydrogen) atoms. The van der Waals surface area contributed by atoms with Crippen molar-refractivity contribution in [2.75, 3.05) is 93.4 Å². The average Bonchev–Trinajstić information content (AvgIpc) is 1.61. The molecule has 6 aliphatic heterocycles. The lowest BCUT2D eigenvalue weighted by Crippen LogP contribution is -2.23. The molecule has 4 aromatic heterocycles. The molecule has 18 nitrogen and oxygen atoms in total. The number of fused-ring (bicyclic) bond motifs is 6. The largest absolute Gasteiger partial charge is 0.493 e. The van der Waals surface area contributed by atoms with Crippen molar-refractivity contribution in [2.24, 2.45) is 0 Å². The maximum Gasteiger partial charge on any atom is 0.416 e. The van der Waals surface area contributed by atoms with Crippen molar-refractivity contribution in [2.45, 2.75) is 59.4 Å². The molecule has 5 aromatic carbocycles. The van der Waals surface area contributed by atoms with Crippen LogP contribution in [0.5, 0.6) is 28.7 Å². The number of alkyl halides is 3. The maximum atomic E-state index is 13.6. The molecular weight excluding hydrogens is 1240 g/mol. The molecule has 0 saturated heterocycles. The Kier molecular flexibility index (Phi) is 17.1. The molecule has 0 aliphatic carbocycles. The second-order valence-corrected chi connectivity index (χ2v) is 29.0. The van der Waals surface area contributed by atoms with Crippen LogP contribution < -0.4 is 23.7 Å². The Bertz CT molecular complexity index is 4610. The van der Waals surface area contributed by atoms with Gasteiger partial charge < -0.3 is 38.4 Å². The normalized spacial score (nSPS) is 17.5. The summed E-state index contributed by atoms with van der Waals surface area (Å²) in [7, 11) is -5.55. The number of benzene rings is 5. The number of nitrogens with zero attached hydrogens (tertiary/aromatic N) is 7. The fourth-order valence-electron chi connectivity index (χ4n) is 12.2.